The van der Waals surface area contributed by atoms with Crippen molar-refractivity contribution in [1.29, 1.82) is 0 Å². The second-order valence-electron chi connectivity index (χ2n) is 2.92. The highest BCUT2D eigenvalue weighted by Crippen LogP contribution is 2.29. The summed E-state index contributed by atoms with van der Waals surface area (Å²) < 4.78 is 10.2. The number of rotatable bonds is 3. The SMILES string of the molecule is C=C(C(=O)O)c1occc1-c1ccco1. The lowest BCUT2D eigenvalue weighted by molar-refractivity contribution is -0.130. The number of hydrogen-bond acceptors (Lipinski definition) is 3. The van der Waals surface area contributed by atoms with Crippen LogP contribution in [0.4, 0.5) is 0 Å². The van der Waals surface area contributed by atoms with E-state index in [4.69, 9.17) is 13.9 Å². The Morgan fingerprint density at radius 3 is 2.67 bits per heavy atom. The van der Waals surface area contributed by atoms with Gasteiger partial charge in [0.25, 0.3) is 0 Å². The van der Waals surface area contributed by atoms with Gasteiger partial charge in [-0.1, -0.05) is 6.58 Å². The van der Waals surface area contributed by atoms with Gasteiger partial charge in [-0.15, -0.1) is 0 Å². The van der Waals surface area contributed by atoms with Crippen molar-refractivity contribution in [2.75, 3.05) is 0 Å². The standard InChI is InChI=1S/C11H8O4/c1-7(11(12)13)10-8(4-6-15-10)9-3-2-5-14-9/h2-6H,1H2,(H,12,13). The summed E-state index contributed by atoms with van der Waals surface area (Å²) >= 11 is 0. The maximum atomic E-state index is 10.7. The van der Waals surface area contributed by atoms with Gasteiger partial charge in [-0.2, -0.15) is 0 Å². The maximum absolute atomic E-state index is 10.7. The van der Waals surface area contributed by atoms with Crippen LogP contribution in [0.5, 0.6) is 0 Å². The molecule has 1 N–H and O–H groups in total. The van der Waals surface area contributed by atoms with Crippen LogP contribution in [0, 0.1) is 0 Å². The van der Waals surface area contributed by atoms with Gasteiger partial charge in [0.05, 0.1) is 23.7 Å². The first-order valence-corrected chi connectivity index (χ1v) is 4.24. The molecular weight excluding hydrogens is 196 g/mol. The van der Waals surface area contributed by atoms with E-state index in [1.54, 1.807) is 18.2 Å². The zero-order valence-electron chi connectivity index (χ0n) is 7.77. The summed E-state index contributed by atoms with van der Waals surface area (Å²) in [6, 6.07) is 5.08. The summed E-state index contributed by atoms with van der Waals surface area (Å²) in [5, 5.41) is 8.79. The number of furan rings is 2. The Morgan fingerprint density at radius 2 is 2.07 bits per heavy atom. The lowest BCUT2D eigenvalue weighted by atomic mass is 10.1. The Bertz CT molecular complexity index is 490. The van der Waals surface area contributed by atoms with E-state index in [0.717, 1.165) is 0 Å². The van der Waals surface area contributed by atoms with E-state index in [2.05, 4.69) is 6.58 Å². The Balaban J connectivity index is 2.47. The van der Waals surface area contributed by atoms with Crippen LogP contribution >= 0.6 is 0 Å². The summed E-state index contributed by atoms with van der Waals surface area (Å²) in [5.74, 6) is -0.337. The number of aliphatic carboxylic acids is 1. The summed E-state index contributed by atoms with van der Waals surface area (Å²) in [6.45, 7) is 3.43. The quantitative estimate of drug-likeness (QED) is 0.780. The van der Waals surface area contributed by atoms with Crippen LogP contribution in [-0.4, -0.2) is 11.1 Å². The molecule has 76 valence electrons. The lowest BCUT2D eigenvalue weighted by Crippen LogP contribution is -1.97. The van der Waals surface area contributed by atoms with Crippen molar-refractivity contribution in [3.05, 3.63) is 43.1 Å². The van der Waals surface area contributed by atoms with Gasteiger partial charge in [0.2, 0.25) is 0 Å². The van der Waals surface area contributed by atoms with E-state index < -0.39 is 5.97 Å². The second kappa shape index (κ2) is 3.49. The average Bonchev–Trinajstić information content (AvgIpc) is 2.86. The molecule has 4 heteroatoms. The fourth-order valence-corrected chi connectivity index (χ4v) is 1.27. The summed E-state index contributed by atoms with van der Waals surface area (Å²) in [5.41, 5.74) is 0.499. The first kappa shape index (κ1) is 9.33. The Labute approximate surface area is 85.4 Å². The monoisotopic (exact) mass is 204 g/mol. The minimum atomic E-state index is -1.11. The van der Waals surface area contributed by atoms with Gasteiger partial charge >= 0.3 is 5.97 Å². The van der Waals surface area contributed by atoms with E-state index >= 15 is 0 Å². The Morgan fingerprint density at radius 1 is 1.27 bits per heavy atom. The molecule has 0 aliphatic carbocycles. The highest BCUT2D eigenvalue weighted by molar-refractivity contribution is 6.15. The summed E-state index contributed by atoms with van der Waals surface area (Å²) in [4.78, 5) is 10.7. The minimum Gasteiger partial charge on any atom is -0.478 e. The number of hydrogen-bond donors (Lipinski definition) is 1. The molecule has 0 unspecified atom stereocenters. The first-order valence-electron chi connectivity index (χ1n) is 4.24. The first-order chi connectivity index (χ1) is 7.20. The van der Waals surface area contributed by atoms with Crippen LogP contribution in [0.2, 0.25) is 0 Å². The molecule has 0 fully saturated rings. The Hall–Kier alpha value is -2.23. The van der Waals surface area contributed by atoms with Gasteiger partial charge in [0.15, 0.2) is 5.76 Å². The third-order valence-electron chi connectivity index (χ3n) is 1.98. The lowest BCUT2D eigenvalue weighted by Gasteiger charge is -1.98. The molecule has 0 aliphatic rings. The van der Waals surface area contributed by atoms with Gasteiger partial charge in [-0.3, -0.25) is 0 Å². The van der Waals surface area contributed by atoms with E-state index in [9.17, 15) is 4.79 Å². The molecular formula is C11H8O4. The molecule has 0 aromatic carbocycles. The molecule has 2 aromatic rings. The predicted molar refractivity (Wildman–Crippen MR) is 53.1 cm³/mol. The molecule has 4 nitrogen and oxygen atoms in total. The zero-order valence-corrected chi connectivity index (χ0v) is 7.77. The normalized spacial score (nSPS) is 10.1. The maximum Gasteiger partial charge on any atom is 0.338 e. The van der Waals surface area contributed by atoms with E-state index in [1.165, 1.54) is 12.5 Å². The molecule has 2 rings (SSSR count). The van der Waals surface area contributed by atoms with Crippen molar-refractivity contribution in [3.8, 4) is 11.3 Å². The van der Waals surface area contributed by atoms with Gasteiger partial charge in [0, 0.05) is 0 Å². The van der Waals surface area contributed by atoms with Gasteiger partial charge in [-0.25, -0.2) is 4.79 Å². The molecule has 0 saturated carbocycles. The van der Waals surface area contributed by atoms with E-state index in [-0.39, 0.29) is 11.3 Å². The van der Waals surface area contributed by atoms with Crippen LogP contribution < -0.4 is 0 Å². The molecule has 2 aromatic heterocycles. The highest BCUT2D eigenvalue weighted by Gasteiger charge is 2.18. The molecule has 0 bridgehead atoms. The van der Waals surface area contributed by atoms with Crippen molar-refractivity contribution < 1.29 is 18.7 Å². The number of carboxylic acids is 1. The second-order valence-corrected chi connectivity index (χ2v) is 2.92. The smallest absolute Gasteiger partial charge is 0.338 e. The largest absolute Gasteiger partial charge is 0.478 e. The topological polar surface area (TPSA) is 63.6 Å². The third kappa shape index (κ3) is 1.57. The van der Waals surface area contributed by atoms with E-state index in [1.807, 2.05) is 0 Å². The molecule has 15 heavy (non-hydrogen) atoms. The van der Waals surface area contributed by atoms with Crippen molar-refractivity contribution in [1.82, 2.24) is 0 Å². The molecule has 2 heterocycles. The van der Waals surface area contributed by atoms with Crippen molar-refractivity contribution >= 4 is 11.5 Å². The number of carbonyl (C=O) groups is 1. The molecule has 0 saturated heterocycles. The fraction of sp³-hybridized carbons (Fsp3) is 0. The predicted octanol–water partition coefficient (Wildman–Crippen LogP) is 2.64. The van der Waals surface area contributed by atoms with Gasteiger partial charge < -0.3 is 13.9 Å². The molecule has 0 spiro atoms. The summed E-state index contributed by atoms with van der Waals surface area (Å²) in [6.07, 6.45) is 2.91. The van der Waals surface area contributed by atoms with Crippen molar-refractivity contribution in [3.63, 3.8) is 0 Å². The molecule has 0 amide bonds. The molecule has 0 aliphatic heterocycles. The van der Waals surface area contributed by atoms with Gasteiger partial charge in [0.1, 0.15) is 5.76 Å². The minimum absolute atomic E-state index is 0.0913. The van der Waals surface area contributed by atoms with Crippen LogP contribution in [0.1, 0.15) is 5.76 Å². The third-order valence-corrected chi connectivity index (χ3v) is 1.98. The molecule has 0 atom stereocenters. The zero-order chi connectivity index (χ0) is 10.8. The van der Waals surface area contributed by atoms with Crippen LogP contribution in [0.15, 0.2) is 46.1 Å². The van der Waals surface area contributed by atoms with Crippen LogP contribution in [-0.2, 0) is 4.79 Å². The van der Waals surface area contributed by atoms with Crippen molar-refractivity contribution in [2.24, 2.45) is 0 Å². The van der Waals surface area contributed by atoms with E-state index in [0.29, 0.717) is 11.3 Å². The average molecular weight is 204 g/mol. The highest BCUT2D eigenvalue weighted by atomic mass is 16.4. The van der Waals surface area contributed by atoms with Crippen LogP contribution in [0.25, 0.3) is 16.9 Å². The molecule has 0 radical (unpaired) electrons. The van der Waals surface area contributed by atoms with Gasteiger partial charge in [-0.05, 0) is 18.2 Å². The fourth-order valence-electron chi connectivity index (χ4n) is 1.27. The Kier molecular flexibility index (Phi) is 2.17. The number of carboxylic acid groups (broad SMARTS) is 1. The summed E-state index contributed by atoms with van der Waals surface area (Å²) in [7, 11) is 0. The van der Waals surface area contributed by atoms with Crippen molar-refractivity contribution in [2.45, 2.75) is 0 Å². The van der Waals surface area contributed by atoms with Crippen LogP contribution in [0.3, 0.4) is 0 Å².